The molecule has 1 aromatic heterocycles. The van der Waals surface area contributed by atoms with E-state index in [4.69, 9.17) is 9.15 Å². The van der Waals surface area contributed by atoms with Crippen molar-refractivity contribution in [1.82, 2.24) is 20.5 Å². The molecule has 0 aliphatic carbocycles. The van der Waals surface area contributed by atoms with Crippen molar-refractivity contribution in [2.24, 2.45) is 4.99 Å². The Balaban J connectivity index is 1.50. The lowest BCUT2D eigenvalue weighted by Crippen LogP contribution is -2.56. The summed E-state index contributed by atoms with van der Waals surface area (Å²) in [5, 5.41) is 6.71. The maximum Gasteiger partial charge on any atom is 0.226 e. The van der Waals surface area contributed by atoms with E-state index in [2.05, 4.69) is 39.4 Å². The number of oxazole rings is 1. The molecule has 0 spiro atoms. The number of hydrogen-bond acceptors (Lipinski definition) is 5. The van der Waals surface area contributed by atoms with Gasteiger partial charge in [0.1, 0.15) is 6.26 Å². The van der Waals surface area contributed by atoms with Crippen LogP contribution in [0.15, 0.2) is 46.0 Å². The topological polar surface area (TPSA) is 74.9 Å². The molecule has 1 aliphatic heterocycles. The Bertz CT molecular complexity index is 736. The number of ether oxygens (including phenoxy) is 1. The molecule has 1 fully saturated rings. The third-order valence-electron chi connectivity index (χ3n) is 4.79. The van der Waals surface area contributed by atoms with Crippen molar-refractivity contribution in [2.75, 3.05) is 39.9 Å². The maximum atomic E-state index is 5.58. The Morgan fingerprint density at radius 3 is 2.63 bits per heavy atom. The monoisotopic (exact) mass is 371 g/mol. The van der Waals surface area contributed by atoms with Crippen molar-refractivity contribution in [3.8, 4) is 11.5 Å². The van der Waals surface area contributed by atoms with Crippen LogP contribution in [0.5, 0.6) is 0 Å². The summed E-state index contributed by atoms with van der Waals surface area (Å²) in [4.78, 5) is 11.3. The predicted octanol–water partition coefficient (Wildman–Crippen LogP) is 2.12. The summed E-state index contributed by atoms with van der Waals surface area (Å²) < 4.78 is 11.0. The fourth-order valence-electron chi connectivity index (χ4n) is 3.08. The van der Waals surface area contributed by atoms with E-state index >= 15 is 0 Å². The number of aliphatic imine (C=N–C) groups is 1. The van der Waals surface area contributed by atoms with Crippen LogP contribution in [-0.4, -0.2) is 61.3 Å². The maximum absolute atomic E-state index is 5.58. The van der Waals surface area contributed by atoms with Crippen molar-refractivity contribution in [3.63, 3.8) is 0 Å². The molecule has 0 bridgehead atoms. The SMILES string of the molecule is CN=C(NCc1coc(-c2ccccc2)n1)NCC(C)(C)N1CCOCC1. The molecule has 27 heavy (non-hydrogen) atoms. The minimum atomic E-state index is 0.0236. The van der Waals surface area contributed by atoms with Gasteiger partial charge >= 0.3 is 0 Å². The van der Waals surface area contributed by atoms with E-state index in [1.54, 1.807) is 13.3 Å². The number of nitrogens with one attached hydrogen (secondary N) is 2. The standard InChI is InChI=1S/C20H29N5O2/c1-20(2,25-9-11-26-12-10-25)15-23-19(21-3)22-13-17-14-27-18(24-17)16-7-5-4-6-8-16/h4-8,14H,9-13,15H2,1-3H3,(H2,21,22,23). The third-order valence-corrected chi connectivity index (χ3v) is 4.79. The highest BCUT2D eigenvalue weighted by molar-refractivity contribution is 5.79. The first-order valence-electron chi connectivity index (χ1n) is 9.35. The minimum absolute atomic E-state index is 0.0236. The van der Waals surface area contributed by atoms with Crippen molar-refractivity contribution in [1.29, 1.82) is 0 Å². The van der Waals surface area contributed by atoms with Crippen molar-refractivity contribution in [3.05, 3.63) is 42.3 Å². The molecule has 7 nitrogen and oxygen atoms in total. The molecule has 0 radical (unpaired) electrons. The van der Waals surface area contributed by atoms with Gasteiger partial charge in [-0.3, -0.25) is 9.89 Å². The Morgan fingerprint density at radius 2 is 1.93 bits per heavy atom. The van der Waals surface area contributed by atoms with Gasteiger partial charge in [0.15, 0.2) is 5.96 Å². The molecule has 2 aromatic rings. The summed E-state index contributed by atoms with van der Waals surface area (Å²) in [7, 11) is 1.77. The fraction of sp³-hybridized carbons (Fsp3) is 0.500. The molecule has 2 N–H and O–H groups in total. The molecule has 0 atom stereocenters. The van der Waals surface area contributed by atoms with E-state index in [9.17, 15) is 0 Å². The van der Waals surface area contributed by atoms with Crippen LogP contribution < -0.4 is 10.6 Å². The van der Waals surface area contributed by atoms with Crippen LogP contribution in [0.3, 0.4) is 0 Å². The van der Waals surface area contributed by atoms with Crippen molar-refractivity contribution in [2.45, 2.75) is 25.9 Å². The van der Waals surface area contributed by atoms with Crippen LogP contribution in [0, 0.1) is 0 Å². The van der Waals surface area contributed by atoms with Crippen molar-refractivity contribution < 1.29 is 9.15 Å². The van der Waals surface area contributed by atoms with Gasteiger partial charge in [-0.05, 0) is 26.0 Å². The number of nitrogens with zero attached hydrogens (tertiary/aromatic N) is 3. The van der Waals surface area contributed by atoms with E-state index < -0.39 is 0 Å². The number of hydrogen-bond donors (Lipinski definition) is 2. The minimum Gasteiger partial charge on any atom is -0.444 e. The van der Waals surface area contributed by atoms with E-state index in [1.165, 1.54) is 0 Å². The first kappa shape index (κ1) is 19.4. The Kier molecular flexibility index (Phi) is 6.47. The molecule has 3 rings (SSSR count). The van der Waals surface area contributed by atoms with Crippen LogP contribution in [0.4, 0.5) is 0 Å². The first-order valence-corrected chi connectivity index (χ1v) is 9.35. The molecule has 146 valence electrons. The summed E-state index contributed by atoms with van der Waals surface area (Å²) in [5.74, 6) is 1.38. The summed E-state index contributed by atoms with van der Waals surface area (Å²) in [6, 6.07) is 9.89. The zero-order chi connectivity index (χ0) is 19.1. The molecule has 0 saturated carbocycles. The number of aromatic nitrogens is 1. The van der Waals surface area contributed by atoms with E-state index in [0.29, 0.717) is 12.4 Å². The largest absolute Gasteiger partial charge is 0.444 e. The normalized spacial score (nSPS) is 16.3. The highest BCUT2D eigenvalue weighted by atomic mass is 16.5. The van der Waals surface area contributed by atoms with Crippen LogP contribution in [0.2, 0.25) is 0 Å². The van der Waals surface area contributed by atoms with Crippen LogP contribution >= 0.6 is 0 Å². The van der Waals surface area contributed by atoms with Crippen molar-refractivity contribution >= 4 is 5.96 Å². The fourth-order valence-corrected chi connectivity index (χ4v) is 3.08. The second kappa shape index (κ2) is 9.01. The van der Waals surface area contributed by atoms with Crippen LogP contribution in [-0.2, 0) is 11.3 Å². The third kappa shape index (κ3) is 5.30. The lowest BCUT2D eigenvalue weighted by atomic mass is 10.0. The van der Waals surface area contributed by atoms with Crippen LogP contribution in [0.1, 0.15) is 19.5 Å². The van der Waals surface area contributed by atoms with Gasteiger partial charge < -0.3 is 19.8 Å². The van der Waals surface area contributed by atoms with Gasteiger partial charge in [0.25, 0.3) is 0 Å². The molecular weight excluding hydrogens is 342 g/mol. The predicted molar refractivity (Wildman–Crippen MR) is 107 cm³/mol. The van der Waals surface area contributed by atoms with Gasteiger partial charge in [-0.25, -0.2) is 4.98 Å². The lowest BCUT2D eigenvalue weighted by molar-refractivity contribution is -0.00834. The molecule has 2 heterocycles. The summed E-state index contributed by atoms with van der Waals surface area (Å²) in [6.45, 7) is 9.34. The highest BCUT2D eigenvalue weighted by Crippen LogP contribution is 2.18. The second-order valence-corrected chi connectivity index (χ2v) is 7.20. The average Bonchev–Trinajstić information content (AvgIpc) is 3.18. The zero-order valence-electron chi connectivity index (χ0n) is 16.4. The molecule has 0 amide bonds. The second-order valence-electron chi connectivity index (χ2n) is 7.20. The highest BCUT2D eigenvalue weighted by Gasteiger charge is 2.28. The van der Waals surface area contributed by atoms with Gasteiger partial charge in [-0.15, -0.1) is 0 Å². The number of guanidine groups is 1. The summed E-state index contributed by atoms with van der Waals surface area (Å²) in [6.07, 6.45) is 1.68. The Labute approximate surface area is 160 Å². The first-order chi connectivity index (χ1) is 13.1. The molecular formula is C20H29N5O2. The van der Waals surface area contributed by atoms with Crippen LogP contribution in [0.25, 0.3) is 11.5 Å². The molecule has 7 heteroatoms. The summed E-state index contributed by atoms with van der Waals surface area (Å²) >= 11 is 0. The van der Waals surface area contributed by atoms with E-state index in [1.807, 2.05) is 30.3 Å². The van der Waals surface area contributed by atoms with E-state index in [0.717, 1.165) is 50.1 Å². The number of rotatable bonds is 6. The lowest BCUT2D eigenvalue weighted by Gasteiger charge is -2.41. The number of morpholine rings is 1. The smallest absolute Gasteiger partial charge is 0.226 e. The van der Waals surface area contributed by atoms with Gasteiger partial charge in [0.05, 0.1) is 25.5 Å². The molecule has 1 aromatic carbocycles. The quantitative estimate of drug-likeness (QED) is 0.598. The van der Waals surface area contributed by atoms with Gasteiger partial charge in [-0.2, -0.15) is 0 Å². The average molecular weight is 371 g/mol. The Morgan fingerprint density at radius 1 is 1.19 bits per heavy atom. The van der Waals surface area contributed by atoms with Gasteiger partial charge in [0, 0.05) is 37.8 Å². The van der Waals surface area contributed by atoms with Gasteiger partial charge in [0.2, 0.25) is 5.89 Å². The molecule has 1 aliphatic rings. The number of benzene rings is 1. The molecule has 1 saturated heterocycles. The zero-order valence-corrected chi connectivity index (χ0v) is 16.4. The van der Waals surface area contributed by atoms with E-state index in [-0.39, 0.29) is 5.54 Å². The summed E-state index contributed by atoms with van der Waals surface area (Å²) in [5.41, 5.74) is 1.83. The molecule has 0 unspecified atom stereocenters. The van der Waals surface area contributed by atoms with Gasteiger partial charge in [-0.1, -0.05) is 18.2 Å². The Hall–Kier alpha value is -2.38.